The molecule has 0 saturated carbocycles. The zero-order valence-corrected chi connectivity index (χ0v) is 17.4. The van der Waals surface area contributed by atoms with Crippen LogP contribution in [-0.2, 0) is 19.3 Å². The van der Waals surface area contributed by atoms with E-state index in [1.165, 1.54) is 4.57 Å². The standard InChI is InChI=1S/C24H20F3N2O3/c1-14(2)11-28-13-29(12-19(30)15-7-9-16(10-8-15)24(25,26)27)21-20(28)22(31)17-5-3-4-6-18(17)23(21)32/h3-10,13-14H,11-12H2,1-2H3/q+1. The number of rotatable bonds is 5. The molecule has 164 valence electrons. The number of halogens is 3. The molecule has 1 aromatic heterocycles. The van der Waals surface area contributed by atoms with Gasteiger partial charge < -0.3 is 0 Å². The first-order valence-electron chi connectivity index (χ1n) is 10.1. The Morgan fingerprint density at radius 1 is 0.969 bits per heavy atom. The van der Waals surface area contributed by atoms with Crippen molar-refractivity contribution in [2.45, 2.75) is 33.1 Å². The van der Waals surface area contributed by atoms with Gasteiger partial charge in [-0.3, -0.25) is 14.4 Å². The van der Waals surface area contributed by atoms with E-state index in [-0.39, 0.29) is 46.5 Å². The van der Waals surface area contributed by atoms with Gasteiger partial charge in [-0.2, -0.15) is 13.2 Å². The van der Waals surface area contributed by atoms with E-state index < -0.39 is 17.5 Å². The highest BCUT2D eigenvalue weighted by atomic mass is 19.4. The van der Waals surface area contributed by atoms with Crippen molar-refractivity contribution in [1.82, 2.24) is 4.57 Å². The van der Waals surface area contributed by atoms with Crippen LogP contribution in [0.5, 0.6) is 0 Å². The van der Waals surface area contributed by atoms with Gasteiger partial charge in [0, 0.05) is 16.7 Å². The Morgan fingerprint density at radius 2 is 1.56 bits per heavy atom. The second-order valence-electron chi connectivity index (χ2n) is 8.19. The number of nitrogens with zero attached hydrogens (tertiary/aromatic N) is 2. The van der Waals surface area contributed by atoms with Gasteiger partial charge in [0.2, 0.25) is 35.1 Å². The van der Waals surface area contributed by atoms with Crippen LogP contribution >= 0.6 is 0 Å². The van der Waals surface area contributed by atoms with Crippen LogP contribution in [0.2, 0.25) is 0 Å². The van der Waals surface area contributed by atoms with Gasteiger partial charge in [-0.15, -0.1) is 0 Å². The first-order valence-corrected chi connectivity index (χ1v) is 10.1. The van der Waals surface area contributed by atoms with Crippen molar-refractivity contribution in [3.63, 3.8) is 0 Å². The number of hydrogen-bond donors (Lipinski definition) is 0. The summed E-state index contributed by atoms with van der Waals surface area (Å²) in [4.78, 5) is 39.2. The fraction of sp³-hybridized carbons (Fsp3) is 0.250. The lowest BCUT2D eigenvalue weighted by Crippen LogP contribution is -2.43. The molecule has 0 spiro atoms. The van der Waals surface area contributed by atoms with Crippen LogP contribution in [0.25, 0.3) is 0 Å². The lowest BCUT2D eigenvalue weighted by molar-refractivity contribution is -0.684. The van der Waals surface area contributed by atoms with Crippen LogP contribution in [0.3, 0.4) is 0 Å². The molecule has 8 heteroatoms. The van der Waals surface area contributed by atoms with Gasteiger partial charge in [0.15, 0.2) is 6.54 Å². The molecule has 1 heterocycles. The third-order valence-electron chi connectivity index (χ3n) is 5.33. The van der Waals surface area contributed by atoms with E-state index >= 15 is 0 Å². The van der Waals surface area contributed by atoms with E-state index in [1.54, 1.807) is 35.2 Å². The SMILES string of the molecule is CC(C)Cn1c[n+](CC(=O)c2ccc(C(F)(F)F)cc2)c2c1C(=O)c1ccccc1C2=O. The number of benzene rings is 2. The number of fused-ring (bicyclic) bond motifs is 2. The van der Waals surface area contributed by atoms with Gasteiger partial charge >= 0.3 is 6.18 Å². The molecule has 2 aromatic carbocycles. The minimum absolute atomic E-state index is 0.0887. The van der Waals surface area contributed by atoms with Gasteiger partial charge in [-0.05, 0) is 18.1 Å². The lowest BCUT2D eigenvalue weighted by atomic mass is 9.89. The number of hydrogen-bond acceptors (Lipinski definition) is 3. The van der Waals surface area contributed by atoms with Gasteiger partial charge in [-0.1, -0.05) is 50.2 Å². The van der Waals surface area contributed by atoms with E-state index in [0.717, 1.165) is 24.3 Å². The van der Waals surface area contributed by atoms with Gasteiger partial charge in [0.1, 0.15) is 0 Å². The topological polar surface area (TPSA) is 60.0 Å². The summed E-state index contributed by atoms with van der Waals surface area (Å²) in [6, 6.07) is 10.5. The number of alkyl halides is 3. The fourth-order valence-electron chi connectivity index (χ4n) is 3.91. The van der Waals surface area contributed by atoms with Crippen LogP contribution in [-0.4, -0.2) is 21.9 Å². The Morgan fingerprint density at radius 3 is 2.12 bits per heavy atom. The first-order chi connectivity index (χ1) is 15.1. The molecule has 3 aromatic rings. The van der Waals surface area contributed by atoms with Crippen molar-refractivity contribution in [2.24, 2.45) is 5.92 Å². The molecule has 5 nitrogen and oxygen atoms in total. The average molecular weight is 441 g/mol. The molecule has 4 rings (SSSR count). The van der Waals surface area contributed by atoms with Crippen molar-refractivity contribution >= 4 is 17.3 Å². The quantitative estimate of drug-likeness (QED) is 0.346. The molecule has 1 aliphatic carbocycles. The van der Waals surface area contributed by atoms with Crippen LogP contribution in [0.1, 0.15) is 61.9 Å². The van der Waals surface area contributed by atoms with Gasteiger partial charge in [-0.25, -0.2) is 9.13 Å². The molecule has 32 heavy (non-hydrogen) atoms. The van der Waals surface area contributed by atoms with Crippen LogP contribution < -0.4 is 4.57 Å². The van der Waals surface area contributed by atoms with Crippen LogP contribution in [0, 0.1) is 5.92 Å². The maximum Gasteiger partial charge on any atom is 0.416 e. The molecular weight excluding hydrogens is 421 g/mol. The fourth-order valence-corrected chi connectivity index (χ4v) is 3.91. The molecule has 0 fully saturated rings. The monoisotopic (exact) mass is 441 g/mol. The van der Waals surface area contributed by atoms with Gasteiger partial charge in [0.05, 0.1) is 12.1 Å². The third kappa shape index (κ3) is 3.77. The van der Waals surface area contributed by atoms with Crippen LogP contribution in [0.4, 0.5) is 13.2 Å². The van der Waals surface area contributed by atoms with Crippen molar-refractivity contribution in [3.05, 3.63) is 88.5 Å². The molecule has 0 bridgehead atoms. The molecule has 0 unspecified atom stereocenters. The second kappa shape index (κ2) is 7.85. The molecule has 1 aliphatic rings. The summed E-state index contributed by atoms with van der Waals surface area (Å²) < 4.78 is 41.5. The highest BCUT2D eigenvalue weighted by Crippen LogP contribution is 2.29. The third-order valence-corrected chi connectivity index (χ3v) is 5.33. The summed E-state index contributed by atoms with van der Waals surface area (Å²) >= 11 is 0. The van der Waals surface area contributed by atoms with Crippen LogP contribution in [0.15, 0.2) is 54.9 Å². The van der Waals surface area contributed by atoms with E-state index in [2.05, 4.69) is 0 Å². The number of carbonyl (C=O) groups excluding carboxylic acids is 3. The van der Waals surface area contributed by atoms with E-state index in [4.69, 9.17) is 0 Å². The summed E-state index contributed by atoms with van der Waals surface area (Å²) in [7, 11) is 0. The summed E-state index contributed by atoms with van der Waals surface area (Å²) in [5.41, 5.74) is 0.167. The van der Waals surface area contributed by atoms with E-state index in [1.807, 2.05) is 13.8 Å². The Balaban J connectivity index is 1.74. The second-order valence-corrected chi connectivity index (χ2v) is 8.19. The summed E-state index contributed by atoms with van der Waals surface area (Å²) in [6.45, 7) is 4.12. The smallest absolute Gasteiger partial charge is 0.290 e. The van der Waals surface area contributed by atoms with Crippen molar-refractivity contribution in [1.29, 1.82) is 0 Å². The minimum atomic E-state index is -4.50. The normalized spacial score (nSPS) is 13.3. The Kier molecular flexibility index (Phi) is 5.32. The summed E-state index contributed by atoms with van der Waals surface area (Å²) in [5.74, 6) is -0.951. The number of ketones is 3. The first kappa shape index (κ1) is 21.7. The molecular formula is C24H20F3N2O3+. The summed E-state index contributed by atoms with van der Waals surface area (Å²) in [6.07, 6.45) is -2.93. The zero-order chi connectivity index (χ0) is 23.2. The minimum Gasteiger partial charge on any atom is -0.290 e. The molecule has 0 saturated heterocycles. The van der Waals surface area contributed by atoms with Gasteiger partial charge in [0.25, 0.3) is 0 Å². The van der Waals surface area contributed by atoms with Crippen molar-refractivity contribution in [2.75, 3.05) is 0 Å². The number of aromatic nitrogens is 2. The Labute approximate surface area is 182 Å². The number of Topliss-reactive ketones (excluding diaryl/α,β-unsaturated/α-hetero) is 1. The molecule has 0 amide bonds. The number of imidazole rings is 1. The van der Waals surface area contributed by atoms with E-state index in [9.17, 15) is 27.6 Å². The maximum absolute atomic E-state index is 13.2. The lowest BCUT2D eigenvalue weighted by Gasteiger charge is -2.13. The molecule has 0 radical (unpaired) electrons. The zero-order valence-electron chi connectivity index (χ0n) is 17.4. The average Bonchev–Trinajstić information content (AvgIpc) is 3.08. The predicted octanol–water partition coefficient (Wildman–Crippen LogP) is 4.11. The largest absolute Gasteiger partial charge is 0.416 e. The van der Waals surface area contributed by atoms with Crippen molar-refractivity contribution in [3.8, 4) is 0 Å². The highest BCUT2D eigenvalue weighted by Gasteiger charge is 2.41. The number of carbonyl (C=O) groups is 3. The predicted molar refractivity (Wildman–Crippen MR) is 109 cm³/mol. The summed E-state index contributed by atoms with van der Waals surface area (Å²) in [5, 5.41) is 0. The molecule has 0 atom stereocenters. The Hall–Kier alpha value is -3.55. The highest BCUT2D eigenvalue weighted by molar-refractivity contribution is 6.26. The molecule has 0 N–H and O–H groups in total. The van der Waals surface area contributed by atoms with Crippen molar-refractivity contribution < 1.29 is 32.1 Å². The Bertz CT molecular complexity index is 1240. The molecule has 0 aliphatic heterocycles. The maximum atomic E-state index is 13.2. The van der Waals surface area contributed by atoms with E-state index in [0.29, 0.717) is 12.1 Å².